The predicted octanol–water partition coefficient (Wildman–Crippen LogP) is 17.4. The maximum absolute atomic E-state index is 13.2. The highest BCUT2D eigenvalue weighted by Crippen LogP contribution is 2.42. The molecule has 8 heterocycles. The summed E-state index contributed by atoms with van der Waals surface area (Å²) in [5.41, 5.74) is 17.0. The number of hydrogen-bond donors (Lipinski definition) is 1. The van der Waals surface area contributed by atoms with E-state index in [9.17, 15) is 13.6 Å². The number of amides is 1. The van der Waals surface area contributed by atoms with Crippen molar-refractivity contribution in [3.05, 3.63) is 261 Å². The average molecular weight is 1460 g/mol. The van der Waals surface area contributed by atoms with Gasteiger partial charge in [0, 0.05) is 78.7 Å². The van der Waals surface area contributed by atoms with Crippen molar-refractivity contribution in [3.8, 4) is 90.1 Å². The number of fused-ring (bicyclic) bond motifs is 4. The molecule has 0 aliphatic carbocycles. The molecule has 0 radical (unpaired) electrons. The summed E-state index contributed by atoms with van der Waals surface area (Å²) in [5, 5.41) is 60.7. The zero-order valence-electron chi connectivity index (χ0n) is 57.2. The minimum atomic E-state index is -0.345. The Hall–Kier alpha value is -11.6. The molecule has 0 fully saturated rings. The number of benzene rings is 8. The molecule has 0 bridgehead atoms. The van der Waals surface area contributed by atoms with E-state index in [1.807, 2.05) is 179 Å². The third-order valence-electron chi connectivity index (χ3n) is 16.8. The molecule has 104 heavy (non-hydrogen) atoms. The fourth-order valence-electron chi connectivity index (χ4n) is 11.7. The molecule has 0 spiro atoms. The number of halogens is 6. The van der Waals surface area contributed by atoms with Crippen LogP contribution in [0, 0.1) is 25.5 Å². The van der Waals surface area contributed by atoms with Crippen molar-refractivity contribution >= 4 is 96.4 Å². The fourth-order valence-corrected chi connectivity index (χ4v) is 13.0. The van der Waals surface area contributed by atoms with E-state index in [1.165, 1.54) is 35.4 Å². The van der Waals surface area contributed by atoms with E-state index < -0.39 is 0 Å². The van der Waals surface area contributed by atoms with E-state index in [2.05, 4.69) is 99.5 Å². The van der Waals surface area contributed by atoms with Crippen LogP contribution in [0.4, 0.5) is 8.78 Å². The summed E-state index contributed by atoms with van der Waals surface area (Å²) in [6, 6.07) is 67.3. The summed E-state index contributed by atoms with van der Waals surface area (Å²) < 4.78 is 33.0. The SMILES string of the molecule is CN(C)CCNC(=O)Cn1nc(-c2ccccc2)c2c(Cl)c(-c3ccccc3)nnc21.Cc1cccc(-c2nn(C)c3nnc(-c4ccccc4)c(Cl)c23)c1.Cc1cccc(-c2nn(C)c3nnc(-c4ccccc4)c(Cl)c23)c1.Cn1nc(-c2ccc(F)cc2)c2c(Cl)c(-c3ccc(F)cc3)nnc21. The molecule has 0 aliphatic heterocycles. The van der Waals surface area contributed by atoms with Gasteiger partial charge in [0.1, 0.15) is 63.7 Å². The van der Waals surface area contributed by atoms with Gasteiger partial charge in [0.25, 0.3) is 0 Å². The quantitative estimate of drug-likeness (QED) is 0.114. The number of carbonyl (C=O) groups excluding carboxylic acids is 1. The van der Waals surface area contributed by atoms with Crippen LogP contribution in [0.2, 0.25) is 20.1 Å². The van der Waals surface area contributed by atoms with Gasteiger partial charge in [0.15, 0.2) is 22.6 Å². The van der Waals surface area contributed by atoms with Gasteiger partial charge in [-0.2, -0.15) is 20.4 Å². The Morgan fingerprint density at radius 2 is 0.654 bits per heavy atom. The molecule has 0 atom stereocenters. The van der Waals surface area contributed by atoms with Crippen molar-refractivity contribution in [1.29, 1.82) is 0 Å². The number of nitrogens with zero attached hydrogens (tertiary/aromatic N) is 17. The second-order valence-corrected chi connectivity index (χ2v) is 26.0. The molecule has 518 valence electrons. The van der Waals surface area contributed by atoms with E-state index >= 15 is 0 Å². The van der Waals surface area contributed by atoms with Gasteiger partial charge in [-0.05, 0) is 88.6 Å². The summed E-state index contributed by atoms with van der Waals surface area (Å²) in [6.07, 6.45) is 0. The average Bonchev–Trinajstić information content (AvgIpc) is 1.60. The zero-order valence-corrected chi connectivity index (χ0v) is 60.2. The van der Waals surface area contributed by atoms with Crippen LogP contribution in [0.1, 0.15) is 11.1 Å². The van der Waals surface area contributed by atoms with Crippen molar-refractivity contribution in [2.24, 2.45) is 21.1 Å². The molecule has 0 aliphatic rings. The second kappa shape index (κ2) is 31.3. The van der Waals surface area contributed by atoms with E-state index in [0.29, 0.717) is 105 Å². The van der Waals surface area contributed by atoms with Gasteiger partial charge in [-0.25, -0.2) is 27.5 Å². The highest BCUT2D eigenvalue weighted by molar-refractivity contribution is 6.40. The summed E-state index contributed by atoms with van der Waals surface area (Å²) in [4.78, 5) is 14.5. The molecular weight excluding hydrogens is 1400 g/mol. The standard InChI is InChI=1S/C23H23ClN6O.2C19H15ClN4.C18H11ClF2N4/c1-29(2)14-13-25-18(31)15-30-23-19(21(28-30)16-9-5-3-6-10-16)20(24)22(26-27-23)17-11-7-4-8-12-17;2*1-12-7-6-10-14(11-12)17-15-16(20)18(13-8-4-3-5-9-13)21-22-19(15)24(2)23-17;1-25-18-14(16(24-25)10-2-6-12(20)7-3-10)15(19)17(22-23-18)11-4-8-13(21)9-5-11/h3-12H,13-15H2,1-2H3,(H,25,31);2*3-11H,1-2H3;2-9H,1H3. The predicted molar refractivity (Wildman–Crippen MR) is 409 cm³/mol. The van der Waals surface area contributed by atoms with Gasteiger partial charge >= 0.3 is 0 Å². The van der Waals surface area contributed by atoms with Gasteiger partial charge < -0.3 is 10.2 Å². The van der Waals surface area contributed by atoms with E-state index in [0.717, 1.165) is 62.1 Å². The Labute approximate surface area is 616 Å². The molecule has 8 aromatic heterocycles. The Morgan fingerprint density at radius 1 is 0.365 bits per heavy atom. The highest BCUT2D eigenvalue weighted by atomic mass is 35.5. The van der Waals surface area contributed by atoms with Crippen LogP contribution in [-0.2, 0) is 32.5 Å². The molecule has 0 saturated heterocycles. The van der Waals surface area contributed by atoms with Crippen molar-refractivity contribution in [1.82, 2.24) is 90.1 Å². The highest BCUT2D eigenvalue weighted by Gasteiger charge is 2.26. The zero-order chi connectivity index (χ0) is 72.7. The number of nitrogens with one attached hydrogen (secondary N) is 1. The smallest absolute Gasteiger partial charge is 0.241 e. The Bertz CT molecular complexity index is 5590. The first-order valence-electron chi connectivity index (χ1n) is 32.8. The molecule has 16 rings (SSSR count). The first kappa shape index (κ1) is 70.8. The monoisotopic (exact) mass is 1460 g/mol. The van der Waals surface area contributed by atoms with Crippen LogP contribution in [-0.4, -0.2) is 118 Å². The third kappa shape index (κ3) is 15.2. The van der Waals surface area contributed by atoms with E-state index in [-0.39, 0.29) is 24.1 Å². The van der Waals surface area contributed by atoms with Gasteiger partial charge in [-0.3, -0.25) is 4.79 Å². The molecule has 0 unspecified atom stereocenters. The maximum Gasteiger partial charge on any atom is 0.241 e. The lowest BCUT2D eigenvalue weighted by atomic mass is 10.1. The fraction of sp³-hybridized carbons (Fsp3) is 0.127. The molecule has 0 saturated carbocycles. The minimum absolute atomic E-state index is 0.0342. The number of aromatic nitrogens is 16. The number of hydrogen-bond acceptors (Lipinski definition) is 14. The summed E-state index contributed by atoms with van der Waals surface area (Å²) in [7, 11) is 9.37. The molecule has 25 heteroatoms. The normalized spacial score (nSPS) is 11.2. The van der Waals surface area contributed by atoms with E-state index in [1.54, 1.807) is 50.0 Å². The third-order valence-corrected chi connectivity index (χ3v) is 18.3. The molecule has 8 aromatic carbocycles. The van der Waals surface area contributed by atoms with Crippen LogP contribution in [0.15, 0.2) is 218 Å². The van der Waals surface area contributed by atoms with Crippen molar-refractivity contribution in [2.45, 2.75) is 20.4 Å². The van der Waals surface area contributed by atoms with E-state index in [4.69, 9.17) is 51.5 Å². The summed E-state index contributed by atoms with van der Waals surface area (Å²) in [5.74, 6) is -0.819. The maximum atomic E-state index is 13.2. The number of aryl methyl sites for hydroxylation is 5. The molecule has 1 amide bonds. The lowest BCUT2D eigenvalue weighted by molar-refractivity contribution is -0.121. The van der Waals surface area contributed by atoms with Crippen molar-refractivity contribution < 1.29 is 13.6 Å². The van der Waals surface area contributed by atoms with Crippen LogP contribution >= 0.6 is 46.4 Å². The minimum Gasteiger partial charge on any atom is -0.353 e. The largest absolute Gasteiger partial charge is 0.353 e. The molecular formula is C79H64Cl4F2N18O. The van der Waals surface area contributed by atoms with Gasteiger partial charge in [-0.15, -0.1) is 40.8 Å². The topological polar surface area (TPSA) is 207 Å². The molecule has 19 nitrogen and oxygen atoms in total. The van der Waals surface area contributed by atoms with Crippen LogP contribution < -0.4 is 5.32 Å². The number of carbonyl (C=O) groups is 1. The number of rotatable bonds is 13. The second-order valence-electron chi connectivity index (χ2n) is 24.5. The summed E-state index contributed by atoms with van der Waals surface area (Å²) in [6.45, 7) is 5.47. The van der Waals surface area contributed by atoms with Crippen LogP contribution in [0.5, 0.6) is 0 Å². The van der Waals surface area contributed by atoms with Gasteiger partial charge in [0.2, 0.25) is 5.91 Å². The lowest BCUT2D eigenvalue weighted by Crippen LogP contribution is -2.33. The number of likely N-dealkylation sites (N-methyl/N-ethyl adjacent to an activating group) is 1. The van der Waals surface area contributed by atoms with Crippen molar-refractivity contribution in [3.63, 3.8) is 0 Å². The molecule has 16 aromatic rings. The Morgan fingerprint density at radius 3 is 1.00 bits per heavy atom. The summed E-state index contributed by atoms with van der Waals surface area (Å²) >= 11 is 26.9. The van der Waals surface area contributed by atoms with Gasteiger partial charge in [0.05, 0.1) is 41.6 Å². The lowest BCUT2D eigenvalue weighted by Gasteiger charge is -2.10. The van der Waals surface area contributed by atoms with Crippen molar-refractivity contribution in [2.75, 3.05) is 27.2 Å². The van der Waals surface area contributed by atoms with Crippen LogP contribution in [0.3, 0.4) is 0 Å². The molecule has 1 N–H and O–H groups in total. The van der Waals surface area contributed by atoms with Gasteiger partial charge in [-0.1, -0.05) is 215 Å². The Balaban J connectivity index is 0.000000124. The first-order chi connectivity index (χ1) is 50.4. The first-order valence-corrected chi connectivity index (χ1v) is 34.3. The van der Waals surface area contributed by atoms with Crippen LogP contribution in [0.25, 0.3) is 134 Å². The Kier molecular flexibility index (Phi) is 21.3.